The van der Waals surface area contributed by atoms with E-state index in [0.29, 0.717) is 0 Å². The third kappa shape index (κ3) is 4.47. The van der Waals surface area contributed by atoms with Crippen LogP contribution >= 0.6 is 0 Å². The fraction of sp³-hybridized carbons (Fsp3) is 1.00. The molecule has 18 heavy (non-hydrogen) atoms. The monoisotopic (exact) mass is 285 g/mol. The molecule has 0 saturated heterocycles. The van der Waals surface area contributed by atoms with Crippen LogP contribution in [0.25, 0.3) is 0 Å². The van der Waals surface area contributed by atoms with E-state index in [1.54, 1.807) is 0 Å². The third-order valence-corrected chi connectivity index (χ3v) is 6.12. The summed E-state index contributed by atoms with van der Waals surface area (Å²) in [4.78, 5) is 0. The van der Waals surface area contributed by atoms with Gasteiger partial charge in [-0.1, -0.05) is 51.4 Å². The first kappa shape index (κ1) is 14.8. The van der Waals surface area contributed by atoms with Crippen molar-refractivity contribution < 1.29 is 8.54 Å². The van der Waals surface area contributed by atoms with Crippen molar-refractivity contribution in [3.63, 3.8) is 0 Å². The second kappa shape index (κ2) is 8.51. The van der Waals surface area contributed by atoms with Crippen LogP contribution in [0.3, 0.4) is 0 Å². The Kier molecular flexibility index (Phi) is 6.98. The molecule has 2 rings (SSSR count). The van der Waals surface area contributed by atoms with Crippen molar-refractivity contribution in [1.29, 1.82) is 0 Å². The maximum absolute atomic E-state index is 5.55. The van der Waals surface area contributed by atoms with E-state index in [1.165, 1.54) is 64.2 Å². The quantitative estimate of drug-likeness (QED) is 0.503. The molecule has 2 fully saturated rings. The molecule has 0 bridgehead atoms. The third-order valence-electron chi connectivity index (χ3n) is 4.97. The molecule has 0 atom stereocenters. The van der Waals surface area contributed by atoms with Crippen molar-refractivity contribution in [3.05, 3.63) is 0 Å². The van der Waals surface area contributed by atoms with Gasteiger partial charge in [-0.05, 0) is 30.6 Å². The molecular weight excluding hydrogens is 256 g/mol. The van der Waals surface area contributed by atoms with Crippen LogP contribution in [0.2, 0.25) is 0 Å². The highest BCUT2D eigenvalue weighted by Gasteiger charge is 2.32. The van der Waals surface area contributed by atoms with Gasteiger partial charge in [0.25, 0.3) is 0 Å². The van der Waals surface area contributed by atoms with Crippen LogP contribution in [0, 0.1) is 17.8 Å². The summed E-state index contributed by atoms with van der Waals surface area (Å²) in [6, 6.07) is 0. The van der Waals surface area contributed by atoms with Gasteiger partial charge in [0, 0.05) is 6.61 Å². The number of hydrogen-bond acceptors (Lipinski definition) is 2. The first-order chi connectivity index (χ1) is 8.92. The van der Waals surface area contributed by atoms with Crippen LogP contribution in [0.4, 0.5) is 0 Å². The SMILES string of the molecule is [SiH3]O[SiH]OCCCC(C1CCCC1)C1CCCC1. The summed E-state index contributed by atoms with van der Waals surface area (Å²) < 4.78 is 10.7. The van der Waals surface area contributed by atoms with E-state index in [-0.39, 0.29) is 10.0 Å². The fourth-order valence-corrected chi connectivity index (χ4v) is 4.95. The molecule has 1 radical (unpaired) electrons. The van der Waals surface area contributed by atoms with Crippen LogP contribution in [-0.4, -0.2) is 27.1 Å². The molecule has 0 aromatic rings. The van der Waals surface area contributed by atoms with Crippen molar-refractivity contribution in [2.45, 2.75) is 64.2 Å². The number of rotatable bonds is 8. The van der Waals surface area contributed by atoms with Gasteiger partial charge < -0.3 is 8.54 Å². The summed E-state index contributed by atoms with van der Waals surface area (Å²) in [5.41, 5.74) is 0. The standard InChI is InChI=1S/C14H29O2Si2/c17-16-18-15-11-5-10-14(12-6-1-2-7-12)13-8-3-4-9-13/h12-14,18H,1-11H2,17H3. The van der Waals surface area contributed by atoms with E-state index in [4.69, 9.17) is 8.54 Å². The predicted octanol–water partition coefficient (Wildman–Crippen LogP) is 2.34. The molecule has 0 spiro atoms. The zero-order valence-electron chi connectivity index (χ0n) is 11.9. The van der Waals surface area contributed by atoms with Gasteiger partial charge >= 0.3 is 10.0 Å². The Morgan fingerprint density at radius 2 is 1.56 bits per heavy atom. The first-order valence-electron chi connectivity index (χ1n) is 7.88. The van der Waals surface area contributed by atoms with Gasteiger partial charge in [0.15, 0.2) is 0 Å². The highest BCUT2D eigenvalue weighted by atomic mass is 28.3. The normalized spacial score (nSPS) is 22.5. The molecule has 4 heteroatoms. The molecule has 2 nitrogen and oxygen atoms in total. The zero-order valence-corrected chi connectivity index (χ0v) is 15.1. The van der Waals surface area contributed by atoms with Crippen molar-refractivity contribution in [3.8, 4) is 0 Å². The Hall–Kier alpha value is 0.354. The molecule has 0 N–H and O–H groups in total. The van der Waals surface area contributed by atoms with E-state index < -0.39 is 0 Å². The van der Waals surface area contributed by atoms with Gasteiger partial charge in [-0.3, -0.25) is 0 Å². The molecule has 2 aliphatic carbocycles. The highest BCUT2D eigenvalue weighted by molar-refractivity contribution is 6.27. The maximum Gasteiger partial charge on any atom is 0.353 e. The van der Waals surface area contributed by atoms with Crippen LogP contribution in [0.5, 0.6) is 0 Å². The zero-order chi connectivity index (χ0) is 12.6. The highest BCUT2D eigenvalue weighted by Crippen LogP contribution is 2.43. The summed E-state index contributed by atoms with van der Waals surface area (Å²) in [5, 5.41) is 0. The van der Waals surface area contributed by atoms with Crippen molar-refractivity contribution in [1.82, 2.24) is 0 Å². The average Bonchev–Trinajstić information content (AvgIpc) is 3.06. The van der Waals surface area contributed by atoms with Crippen LogP contribution in [-0.2, 0) is 8.54 Å². The minimum absolute atomic E-state index is 0.151. The molecule has 2 aliphatic rings. The molecule has 0 aliphatic heterocycles. The van der Waals surface area contributed by atoms with E-state index >= 15 is 0 Å². The van der Waals surface area contributed by atoms with E-state index in [1.807, 2.05) is 0 Å². The molecule has 0 aromatic heterocycles. The van der Waals surface area contributed by atoms with Crippen molar-refractivity contribution in [2.75, 3.05) is 6.61 Å². The minimum Gasteiger partial charge on any atom is -0.446 e. The Bertz CT molecular complexity index is 198. The molecule has 0 amide bonds. The lowest BCUT2D eigenvalue weighted by molar-refractivity contribution is 0.192. The smallest absolute Gasteiger partial charge is 0.353 e. The van der Waals surface area contributed by atoms with Gasteiger partial charge in [0.2, 0.25) is 0 Å². The van der Waals surface area contributed by atoms with Gasteiger partial charge in [-0.15, -0.1) is 0 Å². The molecular formula is C14H29O2Si2. The second-order valence-corrected chi connectivity index (χ2v) is 8.51. The molecule has 0 heterocycles. The summed E-state index contributed by atoms with van der Waals surface area (Å²) in [6.45, 7) is 0.938. The summed E-state index contributed by atoms with van der Waals surface area (Å²) >= 11 is 0. The van der Waals surface area contributed by atoms with E-state index in [0.717, 1.165) is 34.8 Å². The van der Waals surface area contributed by atoms with Crippen LogP contribution in [0.15, 0.2) is 0 Å². The molecule has 0 aromatic carbocycles. The fourth-order valence-electron chi connectivity index (χ4n) is 4.15. The molecule has 2 saturated carbocycles. The topological polar surface area (TPSA) is 18.5 Å². The van der Waals surface area contributed by atoms with E-state index in [2.05, 4.69) is 0 Å². The first-order valence-corrected chi connectivity index (χ1v) is 9.64. The van der Waals surface area contributed by atoms with Crippen LogP contribution < -0.4 is 0 Å². The van der Waals surface area contributed by atoms with E-state index in [9.17, 15) is 0 Å². The average molecular weight is 286 g/mol. The van der Waals surface area contributed by atoms with Crippen LogP contribution in [0.1, 0.15) is 64.2 Å². The summed E-state index contributed by atoms with van der Waals surface area (Å²) in [5.74, 6) is 3.12. The Morgan fingerprint density at radius 1 is 1.00 bits per heavy atom. The molecule has 105 valence electrons. The van der Waals surface area contributed by atoms with Crippen molar-refractivity contribution in [2.24, 2.45) is 17.8 Å². The second-order valence-electron chi connectivity index (χ2n) is 6.10. The maximum atomic E-state index is 5.55. The van der Waals surface area contributed by atoms with Gasteiger partial charge in [-0.2, -0.15) is 0 Å². The van der Waals surface area contributed by atoms with Gasteiger partial charge in [0.1, 0.15) is 10.5 Å². The lowest BCUT2D eigenvalue weighted by Gasteiger charge is -2.29. The van der Waals surface area contributed by atoms with Crippen molar-refractivity contribution >= 4 is 20.5 Å². The Labute approximate surface area is 118 Å². The lowest BCUT2D eigenvalue weighted by Crippen LogP contribution is -2.21. The Balaban J connectivity index is 1.73. The predicted molar refractivity (Wildman–Crippen MR) is 80.8 cm³/mol. The Morgan fingerprint density at radius 3 is 2.06 bits per heavy atom. The van der Waals surface area contributed by atoms with Gasteiger partial charge in [-0.25, -0.2) is 0 Å². The largest absolute Gasteiger partial charge is 0.446 e. The number of hydrogen-bond donors (Lipinski definition) is 0. The minimum atomic E-state index is -0.151. The van der Waals surface area contributed by atoms with Gasteiger partial charge in [0.05, 0.1) is 0 Å². The summed E-state index contributed by atoms with van der Waals surface area (Å²) in [7, 11) is 0.678. The lowest BCUT2D eigenvalue weighted by atomic mass is 9.77. The summed E-state index contributed by atoms with van der Waals surface area (Å²) in [6.07, 6.45) is 14.7. The molecule has 0 unspecified atom stereocenters.